The van der Waals surface area contributed by atoms with Crippen molar-refractivity contribution in [3.05, 3.63) is 21.9 Å². The van der Waals surface area contributed by atoms with Gasteiger partial charge in [-0.2, -0.15) is 0 Å². The van der Waals surface area contributed by atoms with Crippen LogP contribution in [0.3, 0.4) is 0 Å². The average molecular weight is 259 g/mol. The second-order valence-electron chi connectivity index (χ2n) is 3.27. The van der Waals surface area contributed by atoms with Gasteiger partial charge in [0.25, 0.3) is 0 Å². The number of unbranched alkanes of at least 4 members (excludes halogenated alkanes) is 2. The normalized spacial score (nSPS) is 9.29. The molecule has 0 unspecified atom stereocenters. The highest BCUT2D eigenvalue weighted by Gasteiger charge is 2.10. The number of nitrogens with two attached hydrogens (primary N) is 1. The minimum atomic E-state index is -1.09. The quantitative estimate of drug-likeness (QED) is 0.704. The van der Waals surface area contributed by atoms with E-state index in [2.05, 4.69) is 6.92 Å². The Kier molecular flexibility index (Phi) is 8.00. The second-order valence-corrected chi connectivity index (χ2v) is 4.35. The maximum absolute atomic E-state index is 10.3. The molecule has 17 heavy (non-hydrogen) atoms. The third-order valence-corrected chi connectivity index (χ3v) is 2.90. The summed E-state index contributed by atoms with van der Waals surface area (Å²) < 4.78 is 0. The topological polar surface area (TPSA) is 101 Å². The summed E-state index contributed by atoms with van der Waals surface area (Å²) in [6, 6.07) is 2.55. The third kappa shape index (κ3) is 6.70. The standard InChI is InChI=1S/C6H4O4S.C5H13N/c7-5(8)3-1-2-4(11-3)6(9)10;1-2-3-4-5-6/h1-2H,(H,7,8)(H,9,10);2-6H2,1H3. The highest BCUT2D eigenvalue weighted by Crippen LogP contribution is 2.15. The highest BCUT2D eigenvalue weighted by molar-refractivity contribution is 7.15. The number of thiophene rings is 1. The molecular weight excluding hydrogens is 242 g/mol. The molecule has 0 saturated carbocycles. The van der Waals surface area contributed by atoms with Crippen molar-refractivity contribution in [2.24, 2.45) is 5.73 Å². The maximum atomic E-state index is 10.3. The molecule has 5 nitrogen and oxygen atoms in total. The van der Waals surface area contributed by atoms with Gasteiger partial charge in [0.1, 0.15) is 9.75 Å². The number of carboxylic acid groups (broad SMARTS) is 2. The van der Waals surface area contributed by atoms with E-state index in [1.54, 1.807) is 0 Å². The van der Waals surface area contributed by atoms with Crippen molar-refractivity contribution in [1.29, 1.82) is 0 Å². The largest absolute Gasteiger partial charge is 0.477 e. The molecule has 1 aromatic heterocycles. The van der Waals surface area contributed by atoms with Gasteiger partial charge in [-0.1, -0.05) is 19.8 Å². The number of hydrogen-bond acceptors (Lipinski definition) is 4. The highest BCUT2D eigenvalue weighted by atomic mass is 32.1. The van der Waals surface area contributed by atoms with E-state index in [9.17, 15) is 9.59 Å². The smallest absolute Gasteiger partial charge is 0.345 e. The molecule has 0 spiro atoms. The van der Waals surface area contributed by atoms with E-state index in [1.165, 1.54) is 31.4 Å². The van der Waals surface area contributed by atoms with Crippen LogP contribution in [0.4, 0.5) is 0 Å². The van der Waals surface area contributed by atoms with E-state index >= 15 is 0 Å². The Balaban J connectivity index is 0.000000366. The summed E-state index contributed by atoms with van der Waals surface area (Å²) in [5, 5.41) is 16.8. The summed E-state index contributed by atoms with van der Waals surface area (Å²) >= 11 is 0.750. The summed E-state index contributed by atoms with van der Waals surface area (Å²) in [6.45, 7) is 3.03. The van der Waals surface area contributed by atoms with Gasteiger partial charge >= 0.3 is 11.9 Å². The molecule has 0 aliphatic rings. The Hall–Kier alpha value is -1.40. The fourth-order valence-corrected chi connectivity index (χ4v) is 1.65. The average Bonchev–Trinajstić information content (AvgIpc) is 2.76. The van der Waals surface area contributed by atoms with Gasteiger partial charge < -0.3 is 15.9 Å². The third-order valence-electron chi connectivity index (χ3n) is 1.84. The van der Waals surface area contributed by atoms with Gasteiger partial charge in [-0.05, 0) is 25.1 Å². The lowest BCUT2D eigenvalue weighted by Gasteiger charge is -1.86. The Morgan fingerprint density at radius 2 is 1.65 bits per heavy atom. The molecule has 0 fully saturated rings. The fourth-order valence-electron chi connectivity index (χ4n) is 0.962. The zero-order valence-electron chi connectivity index (χ0n) is 9.68. The fraction of sp³-hybridized carbons (Fsp3) is 0.455. The predicted octanol–water partition coefficient (Wildman–Crippen LogP) is 2.28. The van der Waals surface area contributed by atoms with Gasteiger partial charge in [0.05, 0.1) is 0 Å². The van der Waals surface area contributed by atoms with Crippen molar-refractivity contribution in [2.45, 2.75) is 26.2 Å². The van der Waals surface area contributed by atoms with Crippen LogP contribution in [0.2, 0.25) is 0 Å². The molecule has 0 aliphatic heterocycles. The second kappa shape index (κ2) is 8.72. The maximum Gasteiger partial charge on any atom is 0.345 e. The van der Waals surface area contributed by atoms with E-state index in [4.69, 9.17) is 15.9 Å². The van der Waals surface area contributed by atoms with Crippen LogP contribution in [0.5, 0.6) is 0 Å². The van der Waals surface area contributed by atoms with Crippen LogP contribution in [0.25, 0.3) is 0 Å². The molecule has 0 atom stereocenters. The van der Waals surface area contributed by atoms with Gasteiger partial charge in [-0.25, -0.2) is 9.59 Å². The molecule has 0 amide bonds. The predicted molar refractivity (Wildman–Crippen MR) is 66.8 cm³/mol. The number of rotatable bonds is 5. The molecule has 1 heterocycles. The van der Waals surface area contributed by atoms with Crippen molar-refractivity contribution in [2.75, 3.05) is 6.54 Å². The van der Waals surface area contributed by atoms with Crippen molar-refractivity contribution in [1.82, 2.24) is 0 Å². The van der Waals surface area contributed by atoms with Crippen LogP contribution in [0.1, 0.15) is 45.5 Å². The lowest BCUT2D eigenvalue weighted by Crippen LogP contribution is -1.96. The Labute approximate surface area is 104 Å². The monoisotopic (exact) mass is 259 g/mol. The summed E-state index contributed by atoms with van der Waals surface area (Å²) in [6.07, 6.45) is 3.75. The number of carboxylic acids is 2. The van der Waals surface area contributed by atoms with Crippen molar-refractivity contribution < 1.29 is 19.8 Å². The van der Waals surface area contributed by atoms with E-state index in [0.29, 0.717) is 0 Å². The molecule has 4 N–H and O–H groups in total. The van der Waals surface area contributed by atoms with E-state index in [-0.39, 0.29) is 9.75 Å². The number of aromatic carboxylic acids is 2. The zero-order valence-corrected chi connectivity index (χ0v) is 10.5. The van der Waals surface area contributed by atoms with Crippen LogP contribution in [-0.4, -0.2) is 28.7 Å². The summed E-state index contributed by atoms with van der Waals surface area (Å²) in [7, 11) is 0. The van der Waals surface area contributed by atoms with Gasteiger partial charge in [0.2, 0.25) is 0 Å². The Morgan fingerprint density at radius 1 is 1.18 bits per heavy atom. The van der Waals surface area contributed by atoms with Crippen molar-refractivity contribution in [3.8, 4) is 0 Å². The zero-order chi connectivity index (χ0) is 13.3. The van der Waals surface area contributed by atoms with Crippen LogP contribution in [-0.2, 0) is 0 Å². The van der Waals surface area contributed by atoms with E-state index < -0.39 is 11.9 Å². The molecule has 96 valence electrons. The molecule has 1 aromatic rings. The minimum Gasteiger partial charge on any atom is -0.477 e. The summed E-state index contributed by atoms with van der Waals surface area (Å²) in [5.41, 5.74) is 5.21. The molecule has 0 bridgehead atoms. The lowest BCUT2D eigenvalue weighted by atomic mass is 10.3. The van der Waals surface area contributed by atoms with Crippen LogP contribution < -0.4 is 5.73 Å². The molecule has 0 saturated heterocycles. The Morgan fingerprint density at radius 3 is 1.82 bits per heavy atom. The Bertz CT molecular complexity index is 330. The van der Waals surface area contributed by atoms with Crippen LogP contribution in [0.15, 0.2) is 12.1 Å². The van der Waals surface area contributed by atoms with Gasteiger partial charge in [-0.15, -0.1) is 11.3 Å². The first kappa shape index (κ1) is 15.6. The molecule has 0 radical (unpaired) electrons. The number of hydrogen-bond donors (Lipinski definition) is 3. The van der Waals surface area contributed by atoms with Gasteiger partial charge in [0.15, 0.2) is 0 Å². The summed E-state index contributed by atoms with van der Waals surface area (Å²) in [5.74, 6) is -2.19. The lowest BCUT2D eigenvalue weighted by molar-refractivity contribution is 0.0693. The molecule has 1 rings (SSSR count). The van der Waals surface area contributed by atoms with E-state index in [0.717, 1.165) is 17.9 Å². The van der Waals surface area contributed by atoms with Gasteiger partial charge in [0, 0.05) is 0 Å². The first-order valence-electron chi connectivity index (χ1n) is 5.29. The SMILES string of the molecule is CCCCCN.O=C(O)c1ccc(C(=O)O)s1. The van der Waals surface area contributed by atoms with Crippen molar-refractivity contribution >= 4 is 23.3 Å². The van der Waals surface area contributed by atoms with Crippen LogP contribution in [0, 0.1) is 0 Å². The molecule has 0 aliphatic carbocycles. The van der Waals surface area contributed by atoms with Crippen molar-refractivity contribution in [3.63, 3.8) is 0 Å². The first-order valence-corrected chi connectivity index (χ1v) is 6.11. The van der Waals surface area contributed by atoms with E-state index in [1.807, 2.05) is 0 Å². The minimum absolute atomic E-state index is 0.0439. The van der Waals surface area contributed by atoms with Gasteiger partial charge in [-0.3, -0.25) is 0 Å². The van der Waals surface area contributed by atoms with Crippen LogP contribution >= 0.6 is 11.3 Å². The number of carbonyl (C=O) groups is 2. The molecule has 0 aromatic carbocycles. The summed E-state index contributed by atoms with van der Waals surface area (Å²) in [4.78, 5) is 20.6. The molecular formula is C11H17NO4S. The molecule has 6 heteroatoms. The first-order chi connectivity index (χ1) is 8.02.